The number of halogens is 1. The molecule has 0 saturated carbocycles. The van der Waals surface area contributed by atoms with Crippen LogP contribution in [0.5, 0.6) is 11.5 Å². The molecule has 0 saturated heterocycles. The average Bonchev–Trinajstić information content (AvgIpc) is 3.17. The fourth-order valence-corrected chi connectivity index (χ4v) is 2.52. The van der Waals surface area contributed by atoms with E-state index in [0.717, 1.165) is 0 Å². The number of hydrogen-bond donors (Lipinski definition) is 2. The van der Waals surface area contributed by atoms with Gasteiger partial charge in [-0.15, -0.1) is 0 Å². The number of ether oxygens (including phenoxy) is 2. The molecule has 0 unspecified atom stereocenters. The van der Waals surface area contributed by atoms with Crippen LogP contribution in [-0.2, 0) is 0 Å². The third kappa shape index (κ3) is 3.47. The molecular weight excluding hydrogens is 367 g/mol. The summed E-state index contributed by atoms with van der Waals surface area (Å²) in [6.07, 6.45) is 0. The molecule has 142 valence electrons. The van der Waals surface area contributed by atoms with Gasteiger partial charge in [-0.3, -0.25) is 0 Å². The molecule has 2 N–H and O–H groups in total. The maximum Gasteiger partial charge on any atom is 0.245 e. The summed E-state index contributed by atoms with van der Waals surface area (Å²) in [7, 11) is 3.13. The highest BCUT2D eigenvalue weighted by Crippen LogP contribution is 2.34. The highest BCUT2D eigenvalue weighted by Gasteiger charge is 2.15. The van der Waals surface area contributed by atoms with E-state index in [-0.39, 0.29) is 17.1 Å². The molecule has 9 nitrogen and oxygen atoms in total. The van der Waals surface area contributed by atoms with Gasteiger partial charge in [0.25, 0.3) is 0 Å². The Kier molecular flexibility index (Phi) is 4.58. The van der Waals surface area contributed by atoms with Gasteiger partial charge >= 0.3 is 0 Å². The van der Waals surface area contributed by atoms with E-state index in [2.05, 4.69) is 30.9 Å². The molecule has 28 heavy (non-hydrogen) atoms. The van der Waals surface area contributed by atoms with E-state index < -0.39 is 0 Å². The number of methoxy groups -OCH3 is 2. The van der Waals surface area contributed by atoms with Crippen LogP contribution >= 0.6 is 0 Å². The first-order valence-electron chi connectivity index (χ1n) is 8.18. The summed E-state index contributed by atoms with van der Waals surface area (Å²) in [4.78, 5) is 8.78. The third-order valence-corrected chi connectivity index (χ3v) is 3.88. The highest BCUT2D eigenvalue weighted by molar-refractivity contribution is 5.80. The molecule has 0 radical (unpaired) electrons. The van der Waals surface area contributed by atoms with E-state index in [1.54, 1.807) is 44.6 Å². The predicted octanol–water partition coefficient (Wildman–Crippen LogP) is 3.66. The van der Waals surface area contributed by atoms with Crippen molar-refractivity contribution in [2.45, 2.75) is 0 Å². The van der Waals surface area contributed by atoms with Crippen LogP contribution in [-0.4, -0.2) is 34.5 Å². The Morgan fingerprint density at radius 3 is 2.18 bits per heavy atom. The molecule has 10 heteroatoms. The molecule has 4 rings (SSSR count). The molecule has 2 aromatic heterocycles. The highest BCUT2D eigenvalue weighted by atomic mass is 19.1. The molecular formula is C18H15FN6O3. The number of fused-ring (bicyclic) bond motifs is 1. The minimum atomic E-state index is -0.341. The van der Waals surface area contributed by atoms with Gasteiger partial charge in [0.2, 0.25) is 11.3 Å². The van der Waals surface area contributed by atoms with Crippen LogP contribution < -0.4 is 20.1 Å². The SMILES string of the molecule is COc1ccc(OC)c(Nc2nc3nonc3nc2Nc2ccc(F)cc2)c1. The van der Waals surface area contributed by atoms with Crippen LogP contribution in [0.25, 0.3) is 11.3 Å². The van der Waals surface area contributed by atoms with Gasteiger partial charge in [-0.2, -0.15) is 0 Å². The third-order valence-electron chi connectivity index (χ3n) is 3.88. The average molecular weight is 382 g/mol. The second-order valence-electron chi connectivity index (χ2n) is 5.66. The van der Waals surface area contributed by atoms with Gasteiger partial charge in [-0.05, 0) is 46.7 Å². The van der Waals surface area contributed by atoms with Crippen molar-refractivity contribution in [3.05, 3.63) is 48.3 Å². The van der Waals surface area contributed by atoms with Crippen molar-refractivity contribution in [3.63, 3.8) is 0 Å². The Morgan fingerprint density at radius 2 is 1.54 bits per heavy atom. The molecule has 0 spiro atoms. The summed E-state index contributed by atoms with van der Waals surface area (Å²) in [6, 6.07) is 11.1. The summed E-state index contributed by atoms with van der Waals surface area (Å²) < 4.78 is 28.5. The number of anilines is 4. The normalized spacial score (nSPS) is 10.7. The topological polar surface area (TPSA) is 107 Å². The van der Waals surface area contributed by atoms with Crippen molar-refractivity contribution in [2.75, 3.05) is 24.9 Å². The number of hydrogen-bond acceptors (Lipinski definition) is 9. The molecule has 2 aromatic carbocycles. The van der Waals surface area contributed by atoms with E-state index >= 15 is 0 Å². The molecule has 0 aliphatic carbocycles. The van der Waals surface area contributed by atoms with E-state index in [9.17, 15) is 4.39 Å². The maximum absolute atomic E-state index is 13.2. The van der Waals surface area contributed by atoms with Gasteiger partial charge < -0.3 is 20.1 Å². The molecule has 0 bridgehead atoms. The van der Waals surface area contributed by atoms with E-state index in [1.807, 2.05) is 0 Å². The quantitative estimate of drug-likeness (QED) is 0.516. The van der Waals surface area contributed by atoms with Crippen molar-refractivity contribution in [2.24, 2.45) is 0 Å². The van der Waals surface area contributed by atoms with E-state index in [4.69, 9.17) is 14.1 Å². The van der Waals surface area contributed by atoms with E-state index in [1.165, 1.54) is 12.1 Å². The Labute approximate surface area is 158 Å². The summed E-state index contributed by atoms with van der Waals surface area (Å²) >= 11 is 0. The zero-order valence-electron chi connectivity index (χ0n) is 14.9. The zero-order chi connectivity index (χ0) is 19.5. The van der Waals surface area contributed by atoms with Gasteiger partial charge in [0.05, 0.1) is 19.9 Å². The van der Waals surface area contributed by atoms with Crippen LogP contribution in [0, 0.1) is 5.82 Å². The fourth-order valence-electron chi connectivity index (χ4n) is 2.52. The van der Waals surface area contributed by atoms with Gasteiger partial charge in [0, 0.05) is 11.8 Å². The Balaban J connectivity index is 1.76. The summed E-state index contributed by atoms with van der Waals surface area (Å²) in [6.45, 7) is 0. The fraction of sp³-hybridized carbons (Fsp3) is 0.111. The summed E-state index contributed by atoms with van der Waals surface area (Å²) in [5, 5.41) is 13.7. The number of rotatable bonds is 6. The van der Waals surface area contributed by atoms with Crippen molar-refractivity contribution in [1.29, 1.82) is 0 Å². The molecule has 0 aliphatic rings. The molecule has 0 amide bonds. The van der Waals surface area contributed by atoms with Crippen molar-refractivity contribution >= 4 is 34.3 Å². The second-order valence-corrected chi connectivity index (χ2v) is 5.66. The lowest BCUT2D eigenvalue weighted by Gasteiger charge is -2.14. The molecule has 0 atom stereocenters. The molecule has 4 aromatic rings. The smallest absolute Gasteiger partial charge is 0.245 e. The Bertz CT molecular complexity index is 1120. The van der Waals surface area contributed by atoms with E-state index in [0.29, 0.717) is 34.5 Å². The molecule has 0 aliphatic heterocycles. The second kappa shape index (κ2) is 7.35. The minimum absolute atomic E-state index is 0.229. The summed E-state index contributed by atoms with van der Waals surface area (Å²) in [5.41, 5.74) is 1.68. The lowest BCUT2D eigenvalue weighted by Crippen LogP contribution is -2.04. The first-order chi connectivity index (χ1) is 13.7. The van der Waals surface area contributed by atoms with Crippen LogP contribution in [0.15, 0.2) is 47.1 Å². The largest absolute Gasteiger partial charge is 0.497 e. The zero-order valence-corrected chi connectivity index (χ0v) is 14.9. The van der Waals surface area contributed by atoms with Gasteiger partial charge in [0.1, 0.15) is 17.3 Å². The standard InChI is InChI=1S/C18H15FN6O3/c1-26-12-7-8-14(27-2)13(9-12)21-16-15(20-11-5-3-10(19)4-6-11)22-17-18(23-16)25-28-24-17/h3-9H,1-2H3,(H,20,22,24)(H,21,23,25). The van der Waals surface area contributed by atoms with Crippen LogP contribution in [0.2, 0.25) is 0 Å². The number of nitrogens with one attached hydrogen (secondary N) is 2. The predicted molar refractivity (Wildman–Crippen MR) is 99.9 cm³/mol. The number of nitrogens with zero attached hydrogens (tertiary/aromatic N) is 4. The molecule has 2 heterocycles. The van der Waals surface area contributed by atoms with Crippen LogP contribution in [0.4, 0.5) is 27.4 Å². The lowest BCUT2D eigenvalue weighted by molar-refractivity contribution is 0.314. The Hall–Kier alpha value is -3.95. The monoisotopic (exact) mass is 382 g/mol. The number of benzene rings is 2. The van der Waals surface area contributed by atoms with Crippen LogP contribution in [0.1, 0.15) is 0 Å². The van der Waals surface area contributed by atoms with Crippen molar-refractivity contribution < 1.29 is 18.5 Å². The van der Waals surface area contributed by atoms with Crippen molar-refractivity contribution in [3.8, 4) is 11.5 Å². The number of aromatic nitrogens is 4. The maximum atomic E-state index is 13.2. The lowest BCUT2D eigenvalue weighted by atomic mass is 10.2. The van der Waals surface area contributed by atoms with Gasteiger partial charge in [-0.25, -0.2) is 19.0 Å². The summed E-state index contributed by atoms with van der Waals surface area (Å²) in [5.74, 6) is 1.56. The van der Waals surface area contributed by atoms with Gasteiger partial charge in [0.15, 0.2) is 11.6 Å². The minimum Gasteiger partial charge on any atom is -0.497 e. The van der Waals surface area contributed by atoms with Gasteiger partial charge in [-0.1, -0.05) is 0 Å². The van der Waals surface area contributed by atoms with Crippen molar-refractivity contribution in [1.82, 2.24) is 20.3 Å². The van der Waals surface area contributed by atoms with Crippen LogP contribution in [0.3, 0.4) is 0 Å². The molecule has 0 fully saturated rings. The Morgan fingerprint density at radius 1 is 0.857 bits per heavy atom. The first kappa shape index (κ1) is 17.5. The first-order valence-corrected chi connectivity index (χ1v) is 8.18.